The van der Waals surface area contributed by atoms with E-state index in [0.29, 0.717) is 11.6 Å². The predicted molar refractivity (Wildman–Crippen MR) is 68.8 cm³/mol. The Morgan fingerprint density at radius 3 is 2.81 bits per heavy atom. The van der Waals surface area contributed by atoms with Crippen molar-refractivity contribution in [2.45, 2.75) is 26.4 Å². The van der Waals surface area contributed by atoms with Crippen molar-refractivity contribution in [1.82, 2.24) is 0 Å². The second-order valence-electron chi connectivity index (χ2n) is 3.53. The molecule has 0 bridgehead atoms. The average Bonchev–Trinajstić information content (AvgIpc) is 2.23. The largest absolute Gasteiger partial charge is 0.366 e. The molecule has 0 aliphatic carbocycles. The van der Waals surface area contributed by atoms with Crippen LogP contribution in [0, 0.1) is 0 Å². The molecule has 1 unspecified atom stereocenters. The van der Waals surface area contributed by atoms with Gasteiger partial charge in [-0.15, -0.1) is 0 Å². The summed E-state index contributed by atoms with van der Waals surface area (Å²) in [6.45, 7) is 4.08. The van der Waals surface area contributed by atoms with Gasteiger partial charge < -0.3 is 4.74 Å². The smallest absolute Gasteiger partial charge is 0.163 e. The summed E-state index contributed by atoms with van der Waals surface area (Å²) in [5.74, 6) is -0.0172. The summed E-state index contributed by atoms with van der Waals surface area (Å²) in [7, 11) is 0. The maximum Gasteiger partial charge on any atom is 0.163 e. The van der Waals surface area contributed by atoms with Crippen molar-refractivity contribution in [2.75, 3.05) is 6.61 Å². The second kappa shape index (κ2) is 6.38. The highest BCUT2D eigenvalue weighted by Crippen LogP contribution is 2.29. The fourth-order valence-corrected chi connectivity index (χ4v) is 2.01. The van der Waals surface area contributed by atoms with Gasteiger partial charge in [0.25, 0.3) is 0 Å². The van der Waals surface area contributed by atoms with Crippen molar-refractivity contribution < 1.29 is 9.53 Å². The van der Waals surface area contributed by atoms with Gasteiger partial charge in [0.2, 0.25) is 0 Å². The minimum absolute atomic E-state index is 0.0172. The molecule has 1 aromatic carbocycles. The fourth-order valence-electron chi connectivity index (χ4n) is 1.38. The number of hydrogen-bond donors (Lipinski definition) is 0. The first-order valence-corrected chi connectivity index (χ1v) is 6.30. The zero-order valence-corrected chi connectivity index (χ0v) is 11.6. The molecular weight excluding hydrogens is 291 g/mol. The van der Waals surface area contributed by atoms with Crippen LogP contribution in [-0.2, 0) is 9.53 Å². The molecule has 1 rings (SSSR count). The number of hydrogen-bond acceptors (Lipinski definition) is 2. The third-order valence-corrected chi connectivity index (χ3v) is 3.06. The Morgan fingerprint density at radius 2 is 2.25 bits per heavy atom. The number of carbonyl (C=O) groups excluding carboxylic acids is 1. The van der Waals surface area contributed by atoms with Gasteiger partial charge in [0, 0.05) is 21.7 Å². The van der Waals surface area contributed by atoms with Crippen LogP contribution in [0.1, 0.15) is 31.9 Å². The van der Waals surface area contributed by atoms with E-state index >= 15 is 0 Å². The molecule has 0 saturated heterocycles. The second-order valence-corrected chi connectivity index (χ2v) is 4.82. The Morgan fingerprint density at radius 1 is 1.56 bits per heavy atom. The third-order valence-electron chi connectivity index (χ3n) is 2.10. The molecule has 0 radical (unpaired) electrons. The molecule has 0 aromatic heterocycles. The van der Waals surface area contributed by atoms with Crippen molar-refractivity contribution in [3.63, 3.8) is 0 Å². The Kier molecular flexibility index (Phi) is 5.46. The van der Waals surface area contributed by atoms with E-state index < -0.39 is 6.10 Å². The number of Topliss-reactive ketones (excluding diaryl/α,β-unsaturated/α-hetero) is 1. The Hall–Kier alpha value is -0.380. The number of benzene rings is 1. The summed E-state index contributed by atoms with van der Waals surface area (Å²) in [6, 6.07) is 5.35. The van der Waals surface area contributed by atoms with Gasteiger partial charge in [-0.25, -0.2) is 0 Å². The van der Waals surface area contributed by atoms with E-state index in [4.69, 9.17) is 16.3 Å². The van der Waals surface area contributed by atoms with Gasteiger partial charge in [-0.2, -0.15) is 0 Å². The SMILES string of the molecule is CCCOC(C(C)=O)c1cc(Cl)ccc1Br. The molecule has 0 N–H and O–H groups in total. The molecule has 0 amide bonds. The molecule has 0 aliphatic heterocycles. The molecule has 4 heteroatoms. The van der Waals surface area contributed by atoms with Gasteiger partial charge in [-0.3, -0.25) is 4.79 Å². The van der Waals surface area contributed by atoms with Crippen LogP contribution in [0.4, 0.5) is 0 Å². The standard InChI is InChI=1S/C12H14BrClO2/c1-3-6-16-12(8(2)15)10-7-9(14)4-5-11(10)13/h4-5,7,12H,3,6H2,1-2H3. The van der Waals surface area contributed by atoms with E-state index in [1.807, 2.05) is 13.0 Å². The average molecular weight is 306 g/mol. The molecule has 88 valence electrons. The molecule has 1 atom stereocenters. The quantitative estimate of drug-likeness (QED) is 0.816. The highest BCUT2D eigenvalue weighted by Gasteiger charge is 2.19. The molecular formula is C12H14BrClO2. The van der Waals surface area contributed by atoms with Crippen LogP contribution in [0.25, 0.3) is 0 Å². The minimum Gasteiger partial charge on any atom is -0.366 e. The van der Waals surface area contributed by atoms with Gasteiger partial charge in [0.15, 0.2) is 5.78 Å². The molecule has 2 nitrogen and oxygen atoms in total. The van der Waals surface area contributed by atoms with Crippen LogP contribution < -0.4 is 0 Å². The van der Waals surface area contributed by atoms with E-state index in [2.05, 4.69) is 15.9 Å². The molecule has 0 heterocycles. The lowest BCUT2D eigenvalue weighted by molar-refractivity contribution is -0.128. The normalized spacial score (nSPS) is 12.5. The van der Waals surface area contributed by atoms with Gasteiger partial charge >= 0.3 is 0 Å². The van der Waals surface area contributed by atoms with E-state index in [9.17, 15) is 4.79 Å². The molecule has 0 aliphatic rings. The van der Waals surface area contributed by atoms with Crippen LogP contribution in [-0.4, -0.2) is 12.4 Å². The monoisotopic (exact) mass is 304 g/mol. The van der Waals surface area contributed by atoms with Crippen molar-refractivity contribution in [3.8, 4) is 0 Å². The lowest BCUT2D eigenvalue weighted by atomic mass is 10.1. The molecule has 0 fully saturated rings. The lowest BCUT2D eigenvalue weighted by Crippen LogP contribution is -2.14. The first-order chi connectivity index (χ1) is 7.56. The van der Waals surface area contributed by atoms with E-state index in [0.717, 1.165) is 16.5 Å². The van der Waals surface area contributed by atoms with E-state index in [1.54, 1.807) is 12.1 Å². The van der Waals surface area contributed by atoms with Crippen molar-refractivity contribution >= 4 is 33.3 Å². The van der Waals surface area contributed by atoms with Crippen LogP contribution in [0.2, 0.25) is 5.02 Å². The predicted octanol–water partition coefficient (Wildman–Crippen LogP) is 4.16. The molecule has 16 heavy (non-hydrogen) atoms. The Balaban J connectivity index is 3.00. The zero-order valence-electron chi connectivity index (χ0n) is 9.30. The Labute approximate surface area is 109 Å². The van der Waals surface area contributed by atoms with Crippen LogP contribution in [0.5, 0.6) is 0 Å². The fraction of sp³-hybridized carbons (Fsp3) is 0.417. The molecule has 0 saturated carbocycles. The topological polar surface area (TPSA) is 26.3 Å². The minimum atomic E-state index is -0.534. The summed E-state index contributed by atoms with van der Waals surface area (Å²) in [6.07, 6.45) is 0.343. The van der Waals surface area contributed by atoms with Crippen molar-refractivity contribution in [1.29, 1.82) is 0 Å². The van der Waals surface area contributed by atoms with Gasteiger partial charge in [0.1, 0.15) is 6.10 Å². The summed E-state index contributed by atoms with van der Waals surface area (Å²) in [5, 5.41) is 0.601. The van der Waals surface area contributed by atoms with Gasteiger partial charge in [-0.05, 0) is 31.5 Å². The summed E-state index contributed by atoms with van der Waals surface area (Å²) >= 11 is 9.31. The first kappa shape index (κ1) is 13.7. The third kappa shape index (κ3) is 3.58. The Bertz CT molecular complexity index is 379. The summed E-state index contributed by atoms with van der Waals surface area (Å²) in [5.41, 5.74) is 0.786. The number of halogens is 2. The van der Waals surface area contributed by atoms with Crippen LogP contribution in [0.3, 0.4) is 0 Å². The molecule has 1 aromatic rings. The van der Waals surface area contributed by atoms with Gasteiger partial charge in [-0.1, -0.05) is 34.5 Å². The maximum atomic E-state index is 11.5. The lowest BCUT2D eigenvalue weighted by Gasteiger charge is -2.16. The highest BCUT2D eigenvalue weighted by molar-refractivity contribution is 9.10. The van der Waals surface area contributed by atoms with Crippen molar-refractivity contribution in [2.24, 2.45) is 0 Å². The van der Waals surface area contributed by atoms with Crippen LogP contribution in [0.15, 0.2) is 22.7 Å². The zero-order chi connectivity index (χ0) is 12.1. The van der Waals surface area contributed by atoms with E-state index in [-0.39, 0.29) is 5.78 Å². The number of ether oxygens (including phenoxy) is 1. The number of carbonyl (C=O) groups is 1. The molecule has 0 spiro atoms. The highest BCUT2D eigenvalue weighted by atomic mass is 79.9. The van der Waals surface area contributed by atoms with Gasteiger partial charge in [0.05, 0.1) is 0 Å². The van der Waals surface area contributed by atoms with Crippen molar-refractivity contribution in [3.05, 3.63) is 33.3 Å². The number of rotatable bonds is 5. The summed E-state index contributed by atoms with van der Waals surface area (Å²) in [4.78, 5) is 11.5. The van der Waals surface area contributed by atoms with Crippen LogP contribution >= 0.6 is 27.5 Å². The summed E-state index contributed by atoms with van der Waals surface area (Å²) < 4.78 is 6.38. The van der Waals surface area contributed by atoms with E-state index in [1.165, 1.54) is 6.92 Å². The number of ketones is 1. The first-order valence-electron chi connectivity index (χ1n) is 5.13. The maximum absolute atomic E-state index is 11.5.